The summed E-state index contributed by atoms with van der Waals surface area (Å²) in [6, 6.07) is 0. The molecule has 0 unspecified atom stereocenters. The van der Waals surface area contributed by atoms with E-state index in [4.69, 9.17) is 9.26 Å². The number of amides is 1. The minimum atomic E-state index is 0.200. The van der Waals surface area contributed by atoms with Crippen LogP contribution < -0.4 is 0 Å². The van der Waals surface area contributed by atoms with Crippen molar-refractivity contribution in [2.24, 2.45) is 5.92 Å². The second-order valence-electron chi connectivity index (χ2n) is 6.96. The number of aryl methyl sites for hydroxylation is 2. The molecule has 1 aliphatic heterocycles. The minimum absolute atomic E-state index is 0.200. The second kappa shape index (κ2) is 8.48. The summed E-state index contributed by atoms with van der Waals surface area (Å²) in [5, 5.41) is 3.95. The van der Waals surface area contributed by atoms with E-state index in [0.717, 1.165) is 35.9 Å². The maximum atomic E-state index is 12.5. The molecule has 0 radical (unpaired) electrons. The molecule has 1 aromatic rings. The smallest absolute Gasteiger partial charge is 0.223 e. The van der Waals surface area contributed by atoms with E-state index in [1.807, 2.05) is 18.7 Å². The fraction of sp³-hybridized carbons (Fsp3) is 0.778. The first-order chi connectivity index (χ1) is 11.0. The Bertz CT molecular complexity index is 491. The van der Waals surface area contributed by atoms with E-state index in [2.05, 4.69) is 19.0 Å². The zero-order valence-electron chi connectivity index (χ0n) is 14.9. The van der Waals surface area contributed by atoms with Crippen LogP contribution in [0.25, 0.3) is 0 Å². The van der Waals surface area contributed by atoms with Gasteiger partial charge in [-0.1, -0.05) is 31.8 Å². The molecule has 23 heavy (non-hydrogen) atoms. The Labute approximate surface area is 139 Å². The number of ether oxygens (including phenoxy) is 1. The summed E-state index contributed by atoms with van der Waals surface area (Å²) >= 11 is 0. The van der Waals surface area contributed by atoms with Crippen LogP contribution in [0.5, 0.6) is 0 Å². The Hall–Kier alpha value is -1.36. The van der Waals surface area contributed by atoms with Crippen molar-refractivity contribution in [1.82, 2.24) is 10.1 Å². The number of carbonyl (C=O) groups excluding carboxylic acids is 1. The maximum absolute atomic E-state index is 12.5. The lowest BCUT2D eigenvalue weighted by molar-refractivity contribution is -0.139. The second-order valence-corrected chi connectivity index (χ2v) is 6.96. The number of hydrogen-bond acceptors (Lipinski definition) is 4. The predicted octanol–water partition coefficient (Wildman–Crippen LogP) is 3.28. The van der Waals surface area contributed by atoms with Gasteiger partial charge in [0.05, 0.1) is 18.4 Å². The van der Waals surface area contributed by atoms with Gasteiger partial charge in [0.2, 0.25) is 5.91 Å². The third kappa shape index (κ3) is 5.34. The van der Waals surface area contributed by atoms with Crippen LogP contribution in [0.2, 0.25) is 0 Å². The Balaban J connectivity index is 1.77. The van der Waals surface area contributed by atoms with E-state index >= 15 is 0 Å². The van der Waals surface area contributed by atoms with Gasteiger partial charge >= 0.3 is 0 Å². The Kier molecular flexibility index (Phi) is 6.63. The van der Waals surface area contributed by atoms with Crippen LogP contribution in [-0.4, -0.2) is 41.8 Å². The van der Waals surface area contributed by atoms with Crippen molar-refractivity contribution >= 4 is 5.91 Å². The van der Waals surface area contributed by atoms with E-state index in [-0.39, 0.29) is 12.0 Å². The number of carbonyl (C=O) groups is 1. The van der Waals surface area contributed by atoms with E-state index in [1.165, 1.54) is 12.8 Å². The van der Waals surface area contributed by atoms with Crippen LogP contribution in [0, 0.1) is 19.8 Å². The highest BCUT2D eigenvalue weighted by Crippen LogP contribution is 2.18. The van der Waals surface area contributed by atoms with E-state index in [1.54, 1.807) is 0 Å². The summed E-state index contributed by atoms with van der Waals surface area (Å²) in [5.74, 6) is 1.76. The number of aromatic nitrogens is 1. The summed E-state index contributed by atoms with van der Waals surface area (Å²) in [7, 11) is 0. The quantitative estimate of drug-likeness (QED) is 0.773. The molecule has 0 saturated carbocycles. The number of rotatable bonds is 7. The van der Waals surface area contributed by atoms with Crippen molar-refractivity contribution in [1.29, 1.82) is 0 Å². The molecule has 0 aromatic carbocycles. The molecule has 1 atom stereocenters. The molecule has 5 nitrogen and oxygen atoms in total. The van der Waals surface area contributed by atoms with Crippen LogP contribution in [0.4, 0.5) is 0 Å². The van der Waals surface area contributed by atoms with E-state index < -0.39 is 0 Å². The summed E-state index contributed by atoms with van der Waals surface area (Å²) in [6.07, 6.45) is 4.86. The van der Waals surface area contributed by atoms with Crippen molar-refractivity contribution in [2.45, 2.75) is 65.9 Å². The molecule has 5 heteroatoms. The van der Waals surface area contributed by atoms with E-state index in [0.29, 0.717) is 26.0 Å². The first-order valence-electron chi connectivity index (χ1n) is 8.78. The molecule has 0 N–H and O–H groups in total. The standard InChI is InChI=1S/C18H30N2O3/c1-13(2)6-5-7-16-12-20(10-11-22-16)18(21)9-8-17-14(3)19-23-15(17)4/h13,16H,5-12H2,1-4H3/t16-/m0/s1. The van der Waals surface area contributed by atoms with Gasteiger partial charge in [-0.25, -0.2) is 0 Å². The minimum Gasteiger partial charge on any atom is -0.375 e. The third-order valence-electron chi connectivity index (χ3n) is 4.57. The summed E-state index contributed by atoms with van der Waals surface area (Å²) in [6.45, 7) is 10.4. The molecule has 1 aliphatic rings. The third-order valence-corrected chi connectivity index (χ3v) is 4.57. The van der Waals surface area contributed by atoms with Crippen molar-refractivity contribution < 1.29 is 14.1 Å². The average molecular weight is 322 g/mol. The monoisotopic (exact) mass is 322 g/mol. The van der Waals surface area contributed by atoms with Gasteiger partial charge in [-0.3, -0.25) is 4.79 Å². The molecule has 0 aliphatic carbocycles. The van der Waals surface area contributed by atoms with Gasteiger partial charge in [0.1, 0.15) is 5.76 Å². The highest BCUT2D eigenvalue weighted by atomic mass is 16.5. The summed E-state index contributed by atoms with van der Waals surface area (Å²) in [5.41, 5.74) is 1.96. The molecule has 1 aromatic heterocycles. The molecule has 2 heterocycles. The van der Waals surface area contributed by atoms with Crippen molar-refractivity contribution in [3.05, 3.63) is 17.0 Å². The largest absolute Gasteiger partial charge is 0.375 e. The normalized spacial score (nSPS) is 18.7. The van der Waals surface area contributed by atoms with Gasteiger partial charge < -0.3 is 14.2 Å². The fourth-order valence-corrected chi connectivity index (χ4v) is 3.12. The van der Waals surface area contributed by atoms with Crippen molar-refractivity contribution in [3.8, 4) is 0 Å². The Morgan fingerprint density at radius 3 is 2.83 bits per heavy atom. The lowest BCUT2D eigenvalue weighted by Crippen LogP contribution is -2.45. The molecule has 1 amide bonds. The molecule has 0 bridgehead atoms. The summed E-state index contributed by atoms with van der Waals surface area (Å²) in [4.78, 5) is 14.4. The van der Waals surface area contributed by atoms with Gasteiger partial charge in [-0.2, -0.15) is 0 Å². The first-order valence-corrected chi connectivity index (χ1v) is 8.78. The van der Waals surface area contributed by atoms with Gasteiger partial charge in [-0.15, -0.1) is 0 Å². The molecule has 130 valence electrons. The molecular formula is C18H30N2O3. The van der Waals surface area contributed by atoms with Crippen LogP contribution in [0.3, 0.4) is 0 Å². The molecule has 1 fully saturated rings. The predicted molar refractivity (Wildman–Crippen MR) is 89.3 cm³/mol. The molecule has 1 saturated heterocycles. The van der Waals surface area contributed by atoms with Gasteiger partial charge in [-0.05, 0) is 32.6 Å². The number of nitrogens with zero attached hydrogens (tertiary/aromatic N) is 2. The maximum Gasteiger partial charge on any atom is 0.223 e. The number of morpholine rings is 1. The van der Waals surface area contributed by atoms with Crippen LogP contribution >= 0.6 is 0 Å². The van der Waals surface area contributed by atoms with Gasteiger partial charge in [0.25, 0.3) is 0 Å². The average Bonchev–Trinajstić information content (AvgIpc) is 2.83. The van der Waals surface area contributed by atoms with Crippen molar-refractivity contribution in [3.63, 3.8) is 0 Å². The lowest BCUT2D eigenvalue weighted by Gasteiger charge is -2.33. The van der Waals surface area contributed by atoms with Gasteiger partial charge in [0, 0.05) is 25.1 Å². The lowest BCUT2D eigenvalue weighted by atomic mass is 10.0. The van der Waals surface area contributed by atoms with Crippen LogP contribution in [0.1, 0.15) is 56.5 Å². The van der Waals surface area contributed by atoms with Gasteiger partial charge in [0.15, 0.2) is 0 Å². The van der Waals surface area contributed by atoms with Crippen LogP contribution in [-0.2, 0) is 16.0 Å². The summed E-state index contributed by atoms with van der Waals surface area (Å²) < 4.78 is 11.0. The highest BCUT2D eigenvalue weighted by Gasteiger charge is 2.24. The van der Waals surface area contributed by atoms with Crippen molar-refractivity contribution in [2.75, 3.05) is 19.7 Å². The topological polar surface area (TPSA) is 55.6 Å². The Morgan fingerprint density at radius 2 is 2.17 bits per heavy atom. The zero-order valence-corrected chi connectivity index (χ0v) is 14.9. The van der Waals surface area contributed by atoms with Crippen LogP contribution in [0.15, 0.2) is 4.52 Å². The number of hydrogen-bond donors (Lipinski definition) is 0. The molecule has 0 spiro atoms. The Morgan fingerprint density at radius 1 is 1.39 bits per heavy atom. The SMILES string of the molecule is Cc1noc(C)c1CCC(=O)N1CCO[C@@H](CCCC(C)C)C1. The van der Waals surface area contributed by atoms with E-state index in [9.17, 15) is 4.79 Å². The highest BCUT2D eigenvalue weighted by molar-refractivity contribution is 5.76. The molecular weight excluding hydrogens is 292 g/mol. The first kappa shape index (κ1) is 18.0. The zero-order chi connectivity index (χ0) is 16.8. The molecule has 2 rings (SSSR count). The fourth-order valence-electron chi connectivity index (χ4n) is 3.12.